The summed E-state index contributed by atoms with van der Waals surface area (Å²) >= 11 is 0. The van der Waals surface area contributed by atoms with E-state index in [4.69, 9.17) is 19.9 Å². The molecular weight excluding hydrogens is 842 g/mol. The number of fused-ring (bicyclic) bond motifs is 3. The van der Waals surface area contributed by atoms with Crippen LogP contribution in [0, 0.1) is 13.8 Å². The molecule has 0 saturated carbocycles. The van der Waals surface area contributed by atoms with E-state index in [1.54, 1.807) is 6.07 Å². The molecule has 0 spiro atoms. The lowest BCUT2D eigenvalue weighted by molar-refractivity contribution is -0.137. The lowest BCUT2D eigenvalue weighted by Crippen LogP contribution is -2.11. The maximum atomic E-state index is 15.7. The van der Waals surface area contributed by atoms with Crippen LogP contribution in [0.5, 0.6) is 0 Å². The number of rotatable bonds is 8. The monoisotopic (exact) mass is 878 g/mol. The maximum Gasteiger partial charge on any atom is 0.416 e. The van der Waals surface area contributed by atoms with Crippen molar-refractivity contribution in [2.45, 2.75) is 20.0 Å². The molecule has 0 saturated heterocycles. The highest BCUT2D eigenvalue weighted by Gasteiger charge is 2.35. The van der Waals surface area contributed by atoms with E-state index in [1.807, 2.05) is 188 Å². The van der Waals surface area contributed by atoms with Gasteiger partial charge >= 0.3 is 6.18 Å². The molecule has 4 aromatic heterocycles. The summed E-state index contributed by atoms with van der Waals surface area (Å²) in [6, 6.07) is 57.9. The molecule has 11 heteroatoms. The quantitative estimate of drug-likeness (QED) is 0.150. The smallest absolute Gasteiger partial charge is 0.308 e. The molecule has 11 rings (SSSR count). The van der Waals surface area contributed by atoms with Gasteiger partial charge in [0.1, 0.15) is 11.6 Å². The second-order valence-electron chi connectivity index (χ2n) is 16.1. The van der Waals surface area contributed by atoms with Crippen molar-refractivity contribution in [2.24, 2.45) is 0 Å². The van der Waals surface area contributed by atoms with Gasteiger partial charge < -0.3 is 4.57 Å². The van der Waals surface area contributed by atoms with Crippen LogP contribution in [0.1, 0.15) is 17.2 Å². The number of nitrogens with zero attached hydrogens (tertiary/aromatic N) is 8. The zero-order chi connectivity index (χ0) is 45.6. The molecular formula is C56H37F3N8. The lowest BCUT2D eigenvalue weighted by atomic mass is 9.96. The highest BCUT2D eigenvalue weighted by atomic mass is 19.4. The topological polar surface area (TPSA) is 95.2 Å². The average Bonchev–Trinajstić information content (AvgIpc) is 3.69. The van der Waals surface area contributed by atoms with E-state index in [2.05, 4.69) is 15.0 Å². The average molecular weight is 879 g/mol. The minimum atomic E-state index is -4.78. The zero-order valence-corrected chi connectivity index (χ0v) is 36.1. The first-order chi connectivity index (χ1) is 32.6. The van der Waals surface area contributed by atoms with Crippen LogP contribution >= 0.6 is 0 Å². The summed E-state index contributed by atoms with van der Waals surface area (Å²) < 4.78 is 49.1. The van der Waals surface area contributed by atoms with Gasteiger partial charge in [0.25, 0.3) is 0 Å². The maximum absolute atomic E-state index is 15.7. The predicted molar refractivity (Wildman–Crippen MR) is 258 cm³/mol. The number of alkyl halides is 3. The third kappa shape index (κ3) is 7.86. The van der Waals surface area contributed by atoms with Crippen LogP contribution in [0.3, 0.4) is 0 Å². The molecule has 0 N–H and O–H groups in total. The van der Waals surface area contributed by atoms with Crippen LogP contribution in [-0.4, -0.2) is 39.5 Å². The minimum absolute atomic E-state index is 0.0989. The summed E-state index contributed by atoms with van der Waals surface area (Å²) in [7, 11) is 0. The van der Waals surface area contributed by atoms with Gasteiger partial charge in [0.15, 0.2) is 17.5 Å². The van der Waals surface area contributed by atoms with E-state index in [1.165, 1.54) is 12.1 Å². The SMILES string of the molecule is Cc1nc(C)nc(-c2ccc3c(c2)c2ccccc2n3-c2c(-c3cc(-c4ccccc4)nc(-c4ccccc4)n3)cc(C(F)(F)F)cc2-c2nc(-c3ccccc3)cc(-c3ccccc3)n2)n1. The molecule has 0 radical (unpaired) electrons. The van der Waals surface area contributed by atoms with E-state index < -0.39 is 11.7 Å². The Labute approximate surface area is 383 Å². The molecule has 67 heavy (non-hydrogen) atoms. The molecule has 0 atom stereocenters. The van der Waals surface area contributed by atoms with Crippen molar-refractivity contribution in [3.63, 3.8) is 0 Å². The highest BCUT2D eigenvalue weighted by Crippen LogP contribution is 2.46. The fourth-order valence-corrected chi connectivity index (χ4v) is 8.64. The second kappa shape index (κ2) is 16.7. The number of aryl methyl sites for hydroxylation is 2. The molecule has 8 nitrogen and oxygen atoms in total. The first-order valence-electron chi connectivity index (χ1n) is 21.6. The molecule has 0 amide bonds. The molecule has 0 aliphatic heterocycles. The Morgan fingerprint density at radius 3 is 1.37 bits per heavy atom. The fourth-order valence-electron chi connectivity index (χ4n) is 8.64. The Morgan fingerprint density at radius 1 is 0.358 bits per heavy atom. The van der Waals surface area contributed by atoms with Crippen molar-refractivity contribution in [1.29, 1.82) is 0 Å². The number of para-hydroxylation sites is 1. The van der Waals surface area contributed by atoms with Crippen molar-refractivity contribution < 1.29 is 13.2 Å². The predicted octanol–water partition coefficient (Wildman–Crippen LogP) is 13.9. The van der Waals surface area contributed by atoms with Crippen molar-refractivity contribution >= 4 is 21.8 Å². The summed E-state index contributed by atoms with van der Waals surface area (Å²) in [6.07, 6.45) is -4.78. The normalized spacial score (nSPS) is 11.7. The van der Waals surface area contributed by atoms with Gasteiger partial charge in [0.2, 0.25) is 0 Å². The van der Waals surface area contributed by atoms with Gasteiger partial charge in [-0.25, -0.2) is 34.9 Å². The summed E-state index contributed by atoms with van der Waals surface area (Å²) in [4.78, 5) is 34.1. The van der Waals surface area contributed by atoms with Crippen LogP contribution < -0.4 is 0 Å². The Bertz CT molecular complexity index is 3350. The fraction of sp³-hybridized carbons (Fsp3) is 0.0536. The zero-order valence-electron chi connectivity index (χ0n) is 36.1. The molecule has 0 fully saturated rings. The van der Waals surface area contributed by atoms with E-state index in [9.17, 15) is 0 Å². The highest BCUT2D eigenvalue weighted by molar-refractivity contribution is 6.11. The molecule has 4 heterocycles. The standard InChI is InChI=1S/C56H37F3N8/c1-34-60-35(2)62-54(61-34)40-27-28-51-43(29-40)42-25-15-16-26-50(42)67(51)52-44(49-33-48(38-21-11-5-12-22-38)63-53(66-49)39-23-13-6-14-24-39)30-41(56(57,58)59)31-45(52)55-64-46(36-17-7-3-8-18-36)32-47(65-55)37-19-9-4-10-20-37/h3-33H,1-2H3. The van der Waals surface area contributed by atoms with E-state index in [0.29, 0.717) is 51.6 Å². The second-order valence-corrected chi connectivity index (χ2v) is 16.1. The van der Waals surface area contributed by atoms with E-state index >= 15 is 13.2 Å². The number of benzene rings is 7. The van der Waals surface area contributed by atoms with Crippen LogP contribution in [0.15, 0.2) is 188 Å². The Balaban J connectivity index is 1.30. The van der Waals surface area contributed by atoms with Gasteiger partial charge in [-0.2, -0.15) is 13.2 Å². The summed E-state index contributed by atoms with van der Waals surface area (Å²) in [5, 5.41) is 1.70. The lowest BCUT2D eigenvalue weighted by Gasteiger charge is -2.22. The Hall–Kier alpha value is -8.70. The minimum Gasteiger partial charge on any atom is -0.308 e. The number of hydrogen-bond donors (Lipinski definition) is 0. The van der Waals surface area contributed by atoms with Gasteiger partial charge in [0, 0.05) is 49.7 Å². The molecule has 322 valence electrons. The van der Waals surface area contributed by atoms with Gasteiger partial charge in [0.05, 0.1) is 45.1 Å². The molecule has 7 aromatic carbocycles. The molecule has 0 aliphatic rings. The van der Waals surface area contributed by atoms with Crippen LogP contribution in [-0.2, 0) is 6.18 Å². The third-order valence-electron chi connectivity index (χ3n) is 11.7. The van der Waals surface area contributed by atoms with Crippen molar-refractivity contribution in [3.8, 4) is 84.9 Å². The van der Waals surface area contributed by atoms with E-state index in [-0.39, 0.29) is 22.6 Å². The Morgan fingerprint density at radius 2 is 0.806 bits per heavy atom. The van der Waals surface area contributed by atoms with Gasteiger partial charge in [-0.15, -0.1) is 0 Å². The largest absolute Gasteiger partial charge is 0.416 e. The summed E-state index contributed by atoms with van der Waals surface area (Å²) in [5.74, 6) is 2.15. The van der Waals surface area contributed by atoms with Crippen molar-refractivity contribution in [3.05, 3.63) is 205 Å². The van der Waals surface area contributed by atoms with Crippen LogP contribution in [0.4, 0.5) is 13.2 Å². The van der Waals surface area contributed by atoms with E-state index in [0.717, 1.165) is 44.1 Å². The molecule has 0 unspecified atom stereocenters. The Kier molecular flexibility index (Phi) is 10.2. The molecule has 0 bridgehead atoms. The van der Waals surface area contributed by atoms with Crippen molar-refractivity contribution in [2.75, 3.05) is 0 Å². The van der Waals surface area contributed by atoms with Gasteiger partial charge in [-0.1, -0.05) is 140 Å². The first-order valence-corrected chi connectivity index (χ1v) is 21.6. The number of hydrogen-bond acceptors (Lipinski definition) is 7. The van der Waals surface area contributed by atoms with Gasteiger partial charge in [-0.3, -0.25) is 0 Å². The summed E-state index contributed by atoms with van der Waals surface area (Å²) in [6.45, 7) is 3.65. The van der Waals surface area contributed by atoms with Gasteiger partial charge in [-0.05, 0) is 62.4 Å². The molecule has 0 aliphatic carbocycles. The molecule has 11 aromatic rings. The first kappa shape index (κ1) is 41.0. The van der Waals surface area contributed by atoms with Crippen LogP contribution in [0.25, 0.3) is 107 Å². The number of aromatic nitrogens is 8. The van der Waals surface area contributed by atoms with Crippen molar-refractivity contribution in [1.82, 2.24) is 39.5 Å². The third-order valence-corrected chi connectivity index (χ3v) is 11.7. The van der Waals surface area contributed by atoms with Crippen LogP contribution in [0.2, 0.25) is 0 Å². The summed E-state index contributed by atoms with van der Waals surface area (Å²) in [5.41, 5.74) is 7.03. The number of halogens is 3.